The van der Waals surface area contributed by atoms with Crippen molar-refractivity contribution in [3.8, 4) is 0 Å². The van der Waals surface area contributed by atoms with E-state index in [2.05, 4.69) is 0 Å². The lowest BCUT2D eigenvalue weighted by Gasteiger charge is -2.09. The highest BCUT2D eigenvalue weighted by atomic mass is 32.2. The molecule has 0 aliphatic carbocycles. The number of hydrogen-bond acceptors (Lipinski definition) is 3. The van der Waals surface area contributed by atoms with Crippen molar-refractivity contribution < 1.29 is 9.00 Å². The van der Waals surface area contributed by atoms with Crippen molar-refractivity contribution in [3.63, 3.8) is 0 Å². The summed E-state index contributed by atoms with van der Waals surface area (Å²) in [4.78, 5) is 11.2. The fraction of sp³-hybridized carbons (Fsp3) is 0.417. The normalized spacial score (nSPS) is 14.2. The summed E-state index contributed by atoms with van der Waals surface area (Å²) >= 11 is 0. The van der Waals surface area contributed by atoms with Gasteiger partial charge in [0.05, 0.1) is 0 Å². The van der Waals surface area contributed by atoms with Crippen molar-refractivity contribution in [2.45, 2.75) is 12.7 Å². The Labute approximate surface area is 104 Å². The lowest BCUT2D eigenvalue weighted by atomic mass is 10.1. The molecule has 0 aromatic heterocycles. The molecule has 94 valence electrons. The van der Waals surface area contributed by atoms with Gasteiger partial charge in [0.2, 0.25) is 5.91 Å². The van der Waals surface area contributed by atoms with E-state index >= 15 is 0 Å². The first-order valence-electron chi connectivity index (χ1n) is 5.47. The Bertz CT molecular complexity index is 421. The third-order valence-corrected chi connectivity index (χ3v) is 4.05. The van der Waals surface area contributed by atoms with Gasteiger partial charge in [-0.15, -0.1) is 0 Å². The summed E-state index contributed by atoms with van der Waals surface area (Å²) in [6.45, 7) is 2.47. The molecule has 0 heterocycles. The summed E-state index contributed by atoms with van der Waals surface area (Å²) in [5.41, 5.74) is 11.9. The molecule has 1 aromatic rings. The van der Waals surface area contributed by atoms with E-state index in [1.807, 2.05) is 13.0 Å². The number of primary amides is 1. The highest BCUT2D eigenvalue weighted by Gasteiger charge is 2.12. The molecule has 0 spiro atoms. The van der Waals surface area contributed by atoms with Crippen LogP contribution in [0.3, 0.4) is 0 Å². The van der Waals surface area contributed by atoms with Crippen LogP contribution in [0.4, 0.5) is 0 Å². The van der Waals surface area contributed by atoms with E-state index < -0.39 is 16.7 Å². The maximum atomic E-state index is 11.9. The van der Waals surface area contributed by atoms with Gasteiger partial charge < -0.3 is 11.5 Å². The smallest absolute Gasteiger partial charge is 0.249 e. The van der Waals surface area contributed by atoms with Crippen molar-refractivity contribution in [1.29, 1.82) is 0 Å². The van der Waals surface area contributed by atoms with Gasteiger partial charge in [-0.05, 0) is 24.1 Å². The van der Waals surface area contributed by atoms with Crippen molar-refractivity contribution in [1.82, 2.24) is 0 Å². The van der Waals surface area contributed by atoms with Crippen LogP contribution >= 0.6 is 0 Å². The van der Waals surface area contributed by atoms with E-state index in [1.54, 1.807) is 18.2 Å². The van der Waals surface area contributed by atoms with Crippen LogP contribution in [0.1, 0.15) is 22.8 Å². The second-order valence-electron chi connectivity index (χ2n) is 4.11. The fourth-order valence-corrected chi connectivity index (χ4v) is 2.99. The van der Waals surface area contributed by atoms with Gasteiger partial charge in [0.25, 0.3) is 0 Å². The van der Waals surface area contributed by atoms with E-state index in [1.165, 1.54) is 0 Å². The molecule has 17 heavy (non-hydrogen) atoms. The molecule has 1 rings (SSSR count). The summed E-state index contributed by atoms with van der Waals surface area (Å²) in [6, 6.07) is 6.99. The Hall–Kier alpha value is -1.20. The zero-order chi connectivity index (χ0) is 12.8. The number of benzene rings is 1. The van der Waals surface area contributed by atoms with Gasteiger partial charge >= 0.3 is 0 Å². The maximum Gasteiger partial charge on any atom is 0.249 e. The molecule has 0 fully saturated rings. The molecule has 0 bridgehead atoms. The van der Waals surface area contributed by atoms with Crippen molar-refractivity contribution >= 4 is 16.7 Å². The molecule has 0 radical (unpaired) electrons. The number of rotatable bonds is 6. The summed E-state index contributed by atoms with van der Waals surface area (Å²) < 4.78 is 11.9. The van der Waals surface area contributed by atoms with Crippen LogP contribution in [0.25, 0.3) is 0 Å². The van der Waals surface area contributed by atoms with Gasteiger partial charge in [-0.25, -0.2) is 0 Å². The molecule has 1 aromatic carbocycles. The van der Waals surface area contributed by atoms with E-state index in [4.69, 9.17) is 11.5 Å². The topological polar surface area (TPSA) is 86.2 Å². The molecule has 5 heteroatoms. The third kappa shape index (κ3) is 4.28. The van der Waals surface area contributed by atoms with Crippen molar-refractivity contribution in [2.75, 3.05) is 12.3 Å². The second-order valence-corrected chi connectivity index (χ2v) is 5.61. The molecule has 2 atom stereocenters. The first kappa shape index (κ1) is 13.9. The lowest BCUT2D eigenvalue weighted by molar-refractivity contribution is 0.0999. The lowest BCUT2D eigenvalue weighted by Crippen LogP contribution is -2.19. The molecular formula is C12H18N2O2S. The standard InChI is InChI=1S/C12H18N2O2S/c1-9(6-13)7-17(16)8-10-4-2-3-5-11(10)12(14)15/h2-5,9H,6-8,13H2,1H3,(H2,14,15). The van der Waals surface area contributed by atoms with Crippen LogP contribution in [0.2, 0.25) is 0 Å². The van der Waals surface area contributed by atoms with Crippen LogP contribution < -0.4 is 11.5 Å². The number of carbonyl (C=O) groups excluding carboxylic acids is 1. The summed E-state index contributed by atoms with van der Waals surface area (Å²) in [7, 11) is -1.02. The minimum Gasteiger partial charge on any atom is -0.366 e. The second kappa shape index (κ2) is 6.51. The number of carbonyl (C=O) groups is 1. The van der Waals surface area contributed by atoms with Crippen LogP contribution in [0.5, 0.6) is 0 Å². The minimum absolute atomic E-state index is 0.219. The molecule has 0 aliphatic rings. The highest BCUT2D eigenvalue weighted by molar-refractivity contribution is 7.84. The first-order chi connectivity index (χ1) is 8.04. The Morgan fingerprint density at radius 3 is 2.65 bits per heavy atom. The summed E-state index contributed by atoms with van der Waals surface area (Å²) in [6.07, 6.45) is 0. The number of nitrogens with two attached hydrogens (primary N) is 2. The Balaban J connectivity index is 2.74. The van der Waals surface area contributed by atoms with Gasteiger partial charge in [0, 0.05) is 27.9 Å². The van der Waals surface area contributed by atoms with Crippen LogP contribution in [-0.2, 0) is 16.6 Å². The molecule has 4 nitrogen and oxygen atoms in total. The predicted octanol–water partition coefficient (Wildman–Crippen LogP) is 0.629. The number of amides is 1. The van der Waals surface area contributed by atoms with Crippen LogP contribution in [0, 0.1) is 5.92 Å². The quantitative estimate of drug-likeness (QED) is 0.780. The van der Waals surface area contributed by atoms with Gasteiger partial charge in [-0.2, -0.15) is 0 Å². The molecule has 0 saturated carbocycles. The van der Waals surface area contributed by atoms with Crippen LogP contribution in [-0.4, -0.2) is 22.4 Å². The number of hydrogen-bond donors (Lipinski definition) is 2. The fourth-order valence-electron chi connectivity index (χ4n) is 1.50. The van der Waals surface area contributed by atoms with E-state index in [0.29, 0.717) is 23.6 Å². The molecule has 2 unspecified atom stereocenters. The van der Waals surface area contributed by atoms with Crippen molar-refractivity contribution in [2.24, 2.45) is 17.4 Å². The Morgan fingerprint density at radius 1 is 1.41 bits per heavy atom. The van der Waals surface area contributed by atoms with Crippen LogP contribution in [0.15, 0.2) is 24.3 Å². The summed E-state index contributed by atoms with van der Waals surface area (Å²) in [5, 5.41) is 0. The average Bonchev–Trinajstić information content (AvgIpc) is 2.29. The molecular weight excluding hydrogens is 236 g/mol. The highest BCUT2D eigenvalue weighted by Crippen LogP contribution is 2.12. The molecule has 4 N–H and O–H groups in total. The molecule has 0 saturated heterocycles. The maximum absolute atomic E-state index is 11.9. The molecule has 0 aliphatic heterocycles. The predicted molar refractivity (Wildman–Crippen MR) is 69.9 cm³/mol. The van der Waals surface area contributed by atoms with Gasteiger partial charge in [-0.3, -0.25) is 9.00 Å². The largest absolute Gasteiger partial charge is 0.366 e. The van der Waals surface area contributed by atoms with E-state index in [0.717, 1.165) is 5.56 Å². The van der Waals surface area contributed by atoms with Gasteiger partial charge in [0.1, 0.15) is 0 Å². The monoisotopic (exact) mass is 254 g/mol. The van der Waals surface area contributed by atoms with Gasteiger partial charge in [0.15, 0.2) is 0 Å². The third-order valence-electron chi connectivity index (χ3n) is 2.47. The Morgan fingerprint density at radius 2 is 2.06 bits per heavy atom. The zero-order valence-corrected chi connectivity index (χ0v) is 10.7. The van der Waals surface area contributed by atoms with E-state index in [9.17, 15) is 9.00 Å². The van der Waals surface area contributed by atoms with Crippen molar-refractivity contribution in [3.05, 3.63) is 35.4 Å². The van der Waals surface area contributed by atoms with E-state index in [-0.39, 0.29) is 5.92 Å². The minimum atomic E-state index is -1.02. The Kier molecular flexibility index (Phi) is 5.31. The average molecular weight is 254 g/mol. The van der Waals surface area contributed by atoms with Gasteiger partial charge in [-0.1, -0.05) is 25.1 Å². The SMILES string of the molecule is CC(CN)CS(=O)Cc1ccccc1C(N)=O. The summed E-state index contributed by atoms with van der Waals surface area (Å²) in [5.74, 6) is 0.633. The molecule has 1 amide bonds. The zero-order valence-electron chi connectivity index (χ0n) is 9.89. The first-order valence-corrected chi connectivity index (χ1v) is 6.96.